The van der Waals surface area contributed by atoms with E-state index in [9.17, 15) is 4.79 Å². The lowest BCUT2D eigenvalue weighted by Gasteiger charge is -2.26. The molecule has 2 fully saturated rings. The van der Waals surface area contributed by atoms with Crippen LogP contribution in [0.5, 0.6) is 5.75 Å². The van der Waals surface area contributed by atoms with Crippen LogP contribution in [-0.2, 0) is 0 Å². The van der Waals surface area contributed by atoms with Crippen molar-refractivity contribution < 1.29 is 9.53 Å². The van der Waals surface area contributed by atoms with Crippen LogP contribution in [-0.4, -0.2) is 61.1 Å². The molecule has 1 atom stereocenters. The van der Waals surface area contributed by atoms with Gasteiger partial charge in [0.15, 0.2) is 0 Å². The molecule has 26 heavy (non-hydrogen) atoms. The number of piperidine rings is 1. The van der Waals surface area contributed by atoms with Crippen molar-refractivity contribution in [2.45, 2.75) is 38.1 Å². The SMILES string of the molecule is Cl.Cl.N[C@H]1CCN(C(=O)c2ccc(OCCCN3CCCCC3)cc2)C1. The van der Waals surface area contributed by atoms with Gasteiger partial charge in [-0.1, -0.05) is 6.42 Å². The highest BCUT2D eigenvalue weighted by Gasteiger charge is 2.24. The van der Waals surface area contributed by atoms with E-state index in [1.807, 2.05) is 29.2 Å². The fraction of sp³-hybridized carbons (Fsp3) is 0.632. The van der Waals surface area contributed by atoms with Crippen LogP contribution < -0.4 is 10.5 Å². The normalized spacial score (nSPS) is 20.2. The van der Waals surface area contributed by atoms with Crippen molar-refractivity contribution in [3.05, 3.63) is 29.8 Å². The maximum atomic E-state index is 12.4. The van der Waals surface area contributed by atoms with Crippen LogP contribution in [0.3, 0.4) is 0 Å². The third-order valence-electron chi connectivity index (χ3n) is 4.95. The summed E-state index contributed by atoms with van der Waals surface area (Å²) in [6, 6.07) is 7.61. The number of benzene rings is 1. The Morgan fingerprint density at radius 3 is 2.38 bits per heavy atom. The van der Waals surface area contributed by atoms with Crippen molar-refractivity contribution in [1.29, 1.82) is 0 Å². The van der Waals surface area contributed by atoms with Crippen LogP contribution >= 0.6 is 24.8 Å². The average Bonchev–Trinajstić information content (AvgIpc) is 3.06. The summed E-state index contributed by atoms with van der Waals surface area (Å²) in [5.41, 5.74) is 6.58. The molecule has 2 aliphatic heterocycles. The molecule has 148 valence electrons. The van der Waals surface area contributed by atoms with Gasteiger partial charge in [0.2, 0.25) is 0 Å². The number of ether oxygens (including phenoxy) is 1. The van der Waals surface area contributed by atoms with Gasteiger partial charge in [-0.15, -0.1) is 24.8 Å². The van der Waals surface area contributed by atoms with Gasteiger partial charge in [0, 0.05) is 31.2 Å². The second kappa shape index (κ2) is 11.7. The van der Waals surface area contributed by atoms with Gasteiger partial charge in [0.25, 0.3) is 5.91 Å². The molecule has 0 bridgehead atoms. The molecule has 0 unspecified atom stereocenters. The largest absolute Gasteiger partial charge is 0.494 e. The zero-order valence-corrected chi connectivity index (χ0v) is 16.9. The van der Waals surface area contributed by atoms with Crippen LogP contribution in [0.25, 0.3) is 0 Å². The molecule has 5 nitrogen and oxygen atoms in total. The minimum Gasteiger partial charge on any atom is -0.494 e. The molecule has 0 saturated carbocycles. The summed E-state index contributed by atoms with van der Waals surface area (Å²) in [4.78, 5) is 16.7. The first-order valence-corrected chi connectivity index (χ1v) is 9.22. The number of hydrogen-bond donors (Lipinski definition) is 1. The number of carbonyl (C=O) groups is 1. The van der Waals surface area contributed by atoms with Gasteiger partial charge >= 0.3 is 0 Å². The molecule has 1 amide bonds. The summed E-state index contributed by atoms with van der Waals surface area (Å²) in [6.45, 7) is 5.73. The molecule has 2 saturated heterocycles. The van der Waals surface area contributed by atoms with E-state index in [1.165, 1.54) is 32.4 Å². The summed E-state index contributed by atoms with van der Waals surface area (Å²) in [6.07, 6.45) is 5.98. The lowest BCUT2D eigenvalue weighted by atomic mass is 10.1. The van der Waals surface area contributed by atoms with Crippen LogP contribution in [0, 0.1) is 0 Å². The molecule has 1 aromatic rings. The Labute approximate surface area is 169 Å². The van der Waals surface area contributed by atoms with Crippen molar-refractivity contribution >= 4 is 30.7 Å². The molecule has 0 spiro atoms. The van der Waals surface area contributed by atoms with Gasteiger partial charge in [0.1, 0.15) is 5.75 Å². The summed E-state index contributed by atoms with van der Waals surface area (Å²) in [5.74, 6) is 0.905. The van der Waals surface area contributed by atoms with Crippen LogP contribution in [0.4, 0.5) is 0 Å². The predicted molar refractivity (Wildman–Crippen MR) is 110 cm³/mol. The van der Waals surface area contributed by atoms with Crippen LogP contribution in [0.2, 0.25) is 0 Å². The number of carbonyl (C=O) groups excluding carboxylic acids is 1. The Morgan fingerprint density at radius 1 is 1.08 bits per heavy atom. The summed E-state index contributed by atoms with van der Waals surface area (Å²) in [5, 5.41) is 0. The van der Waals surface area contributed by atoms with E-state index in [-0.39, 0.29) is 36.8 Å². The number of likely N-dealkylation sites (tertiary alicyclic amines) is 2. The topological polar surface area (TPSA) is 58.8 Å². The monoisotopic (exact) mass is 403 g/mol. The number of nitrogens with two attached hydrogens (primary N) is 1. The molecule has 3 rings (SSSR count). The zero-order chi connectivity index (χ0) is 16.8. The van der Waals surface area contributed by atoms with Crippen molar-refractivity contribution in [2.75, 3.05) is 39.3 Å². The first-order chi connectivity index (χ1) is 11.7. The molecule has 0 aromatic heterocycles. The quantitative estimate of drug-likeness (QED) is 0.741. The number of nitrogens with zero attached hydrogens (tertiary/aromatic N) is 2. The van der Waals surface area contributed by atoms with Crippen molar-refractivity contribution in [2.24, 2.45) is 5.73 Å². The first-order valence-electron chi connectivity index (χ1n) is 9.22. The summed E-state index contributed by atoms with van der Waals surface area (Å²) < 4.78 is 5.80. The highest BCUT2D eigenvalue weighted by Crippen LogP contribution is 2.17. The molecular formula is C19H31Cl2N3O2. The van der Waals surface area contributed by atoms with E-state index >= 15 is 0 Å². The number of rotatable bonds is 6. The molecular weight excluding hydrogens is 373 g/mol. The number of halogens is 2. The first kappa shape index (κ1) is 23.0. The van der Waals surface area contributed by atoms with E-state index in [4.69, 9.17) is 10.5 Å². The van der Waals surface area contributed by atoms with E-state index in [1.54, 1.807) is 0 Å². The maximum Gasteiger partial charge on any atom is 0.253 e. The third kappa shape index (κ3) is 6.62. The molecule has 1 aromatic carbocycles. The molecule has 0 radical (unpaired) electrons. The Balaban J connectivity index is 0.00000169. The van der Waals surface area contributed by atoms with Gasteiger partial charge in [-0.2, -0.15) is 0 Å². The highest BCUT2D eigenvalue weighted by atomic mass is 35.5. The van der Waals surface area contributed by atoms with Crippen LogP contribution in [0.15, 0.2) is 24.3 Å². The minimum absolute atomic E-state index is 0. The Hall–Kier alpha value is -1.01. The van der Waals surface area contributed by atoms with Gasteiger partial charge in [-0.05, 0) is 63.0 Å². The minimum atomic E-state index is 0. The van der Waals surface area contributed by atoms with Gasteiger partial charge < -0.3 is 20.3 Å². The lowest BCUT2D eigenvalue weighted by molar-refractivity contribution is 0.0791. The Bertz CT molecular complexity index is 536. The zero-order valence-electron chi connectivity index (χ0n) is 15.3. The molecule has 2 heterocycles. The molecule has 7 heteroatoms. The molecule has 2 N–H and O–H groups in total. The second-order valence-electron chi connectivity index (χ2n) is 6.93. The number of amides is 1. The average molecular weight is 404 g/mol. The molecule has 0 aliphatic carbocycles. The van der Waals surface area contributed by atoms with E-state index in [0.29, 0.717) is 12.1 Å². The van der Waals surface area contributed by atoms with Gasteiger partial charge in [-0.25, -0.2) is 0 Å². The highest BCUT2D eigenvalue weighted by molar-refractivity contribution is 5.94. The summed E-state index contributed by atoms with van der Waals surface area (Å²) >= 11 is 0. The second-order valence-corrected chi connectivity index (χ2v) is 6.93. The van der Waals surface area contributed by atoms with Crippen molar-refractivity contribution in [1.82, 2.24) is 9.80 Å². The fourth-order valence-electron chi connectivity index (χ4n) is 3.51. The Morgan fingerprint density at radius 2 is 1.77 bits per heavy atom. The Kier molecular flexibility index (Phi) is 10.3. The smallest absolute Gasteiger partial charge is 0.253 e. The van der Waals surface area contributed by atoms with E-state index in [2.05, 4.69) is 4.90 Å². The summed E-state index contributed by atoms with van der Waals surface area (Å²) in [7, 11) is 0. The van der Waals surface area contributed by atoms with Gasteiger partial charge in [-0.3, -0.25) is 4.79 Å². The molecule has 2 aliphatic rings. The lowest BCUT2D eigenvalue weighted by Crippen LogP contribution is -2.31. The maximum absolute atomic E-state index is 12.4. The third-order valence-corrected chi connectivity index (χ3v) is 4.95. The van der Waals surface area contributed by atoms with Gasteiger partial charge in [0.05, 0.1) is 6.61 Å². The van der Waals surface area contributed by atoms with Crippen molar-refractivity contribution in [3.8, 4) is 5.75 Å². The predicted octanol–water partition coefficient (Wildman–Crippen LogP) is 2.96. The number of hydrogen-bond acceptors (Lipinski definition) is 4. The van der Waals surface area contributed by atoms with Crippen molar-refractivity contribution in [3.63, 3.8) is 0 Å². The van der Waals surface area contributed by atoms with Crippen LogP contribution in [0.1, 0.15) is 42.5 Å². The van der Waals surface area contributed by atoms with E-state index in [0.717, 1.165) is 38.3 Å². The van der Waals surface area contributed by atoms with E-state index < -0.39 is 0 Å². The fourth-order valence-corrected chi connectivity index (χ4v) is 3.51. The standard InChI is InChI=1S/C19H29N3O2.2ClH/c20-17-9-13-22(15-17)19(23)16-5-7-18(8-6-16)24-14-4-12-21-10-2-1-3-11-21;;/h5-8,17H,1-4,9-15,20H2;2*1H/t17-;;/m0../s1.